The standard InChI is InChI=1S/C7H7Cl2N3O/c8-7(9)1-5(7)6(13)12-4-2-10-11-3-4/h2-3,5H,1H2,(H,10,11)(H,12,13). The third-order valence-corrected chi connectivity index (χ3v) is 2.74. The molecule has 2 rings (SSSR count). The number of hydrogen-bond donors (Lipinski definition) is 2. The van der Waals surface area contributed by atoms with Crippen molar-refractivity contribution in [1.29, 1.82) is 0 Å². The normalized spacial score (nSPS) is 24.0. The van der Waals surface area contributed by atoms with E-state index in [0.29, 0.717) is 12.1 Å². The van der Waals surface area contributed by atoms with E-state index in [2.05, 4.69) is 15.5 Å². The van der Waals surface area contributed by atoms with Crippen LogP contribution in [0.2, 0.25) is 0 Å². The van der Waals surface area contributed by atoms with E-state index >= 15 is 0 Å². The average Bonchev–Trinajstić information content (AvgIpc) is 2.49. The first-order valence-electron chi connectivity index (χ1n) is 3.77. The minimum absolute atomic E-state index is 0.161. The van der Waals surface area contributed by atoms with Gasteiger partial charge in [-0.05, 0) is 6.42 Å². The van der Waals surface area contributed by atoms with Crippen molar-refractivity contribution in [2.24, 2.45) is 5.92 Å². The molecule has 1 unspecified atom stereocenters. The fourth-order valence-corrected chi connectivity index (χ4v) is 1.55. The number of nitrogens with one attached hydrogen (secondary N) is 2. The van der Waals surface area contributed by atoms with Crippen molar-refractivity contribution < 1.29 is 4.79 Å². The van der Waals surface area contributed by atoms with Crippen LogP contribution < -0.4 is 5.32 Å². The summed E-state index contributed by atoms with van der Waals surface area (Å²) >= 11 is 11.4. The molecule has 13 heavy (non-hydrogen) atoms. The van der Waals surface area contributed by atoms with Gasteiger partial charge in [-0.25, -0.2) is 0 Å². The Morgan fingerprint density at radius 3 is 2.92 bits per heavy atom. The van der Waals surface area contributed by atoms with Crippen LogP contribution in [0.4, 0.5) is 5.69 Å². The lowest BCUT2D eigenvalue weighted by molar-refractivity contribution is -0.117. The quantitative estimate of drug-likeness (QED) is 0.742. The van der Waals surface area contributed by atoms with E-state index in [1.807, 2.05) is 0 Å². The van der Waals surface area contributed by atoms with Gasteiger partial charge in [0.2, 0.25) is 5.91 Å². The van der Waals surface area contributed by atoms with Crippen molar-refractivity contribution in [2.75, 3.05) is 5.32 Å². The van der Waals surface area contributed by atoms with Crippen molar-refractivity contribution >= 4 is 34.8 Å². The molecular formula is C7H7Cl2N3O. The number of anilines is 1. The van der Waals surface area contributed by atoms with E-state index in [1.165, 1.54) is 6.20 Å². The maximum Gasteiger partial charge on any atom is 0.230 e. The molecule has 1 aromatic heterocycles. The van der Waals surface area contributed by atoms with Gasteiger partial charge < -0.3 is 5.32 Å². The molecule has 6 heteroatoms. The highest BCUT2D eigenvalue weighted by Crippen LogP contribution is 2.53. The van der Waals surface area contributed by atoms with E-state index in [9.17, 15) is 4.79 Å². The van der Waals surface area contributed by atoms with Crippen LogP contribution in [0.5, 0.6) is 0 Å². The summed E-state index contributed by atoms with van der Waals surface area (Å²) in [6.07, 6.45) is 3.62. The van der Waals surface area contributed by atoms with Crippen LogP contribution in [-0.4, -0.2) is 20.4 Å². The van der Waals surface area contributed by atoms with Crippen molar-refractivity contribution in [2.45, 2.75) is 10.8 Å². The fourth-order valence-electron chi connectivity index (χ4n) is 1.05. The second-order valence-corrected chi connectivity index (χ2v) is 4.54. The molecule has 1 aliphatic rings. The van der Waals surface area contributed by atoms with Crippen molar-refractivity contribution in [1.82, 2.24) is 10.2 Å². The zero-order valence-corrected chi connectivity index (χ0v) is 8.06. The summed E-state index contributed by atoms with van der Waals surface area (Å²) in [4.78, 5) is 11.4. The van der Waals surface area contributed by atoms with E-state index < -0.39 is 4.33 Å². The van der Waals surface area contributed by atoms with E-state index in [-0.39, 0.29) is 11.8 Å². The number of alkyl halides is 2. The monoisotopic (exact) mass is 219 g/mol. The lowest BCUT2D eigenvalue weighted by Crippen LogP contribution is -2.16. The van der Waals surface area contributed by atoms with E-state index in [4.69, 9.17) is 23.2 Å². The smallest absolute Gasteiger partial charge is 0.230 e. The van der Waals surface area contributed by atoms with Crippen LogP contribution in [0.25, 0.3) is 0 Å². The number of aromatic nitrogens is 2. The zero-order valence-electron chi connectivity index (χ0n) is 6.55. The predicted octanol–water partition coefficient (Wildman–Crippen LogP) is 1.54. The number of rotatable bonds is 2. The zero-order chi connectivity index (χ0) is 9.47. The van der Waals surface area contributed by atoms with Gasteiger partial charge >= 0.3 is 0 Å². The maximum atomic E-state index is 11.4. The minimum atomic E-state index is -0.867. The Hall–Kier alpha value is -0.740. The molecule has 0 aromatic carbocycles. The molecule has 1 fully saturated rings. The third-order valence-electron chi connectivity index (χ3n) is 1.91. The molecule has 2 N–H and O–H groups in total. The lowest BCUT2D eigenvalue weighted by Gasteiger charge is -2.00. The average molecular weight is 220 g/mol. The van der Waals surface area contributed by atoms with Crippen molar-refractivity contribution in [3.8, 4) is 0 Å². The summed E-state index contributed by atoms with van der Waals surface area (Å²) in [5, 5.41) is 8.91. The van der Waals surface area contributed by atoms with E-state index in [0.717, 1.165) is 0 Å². The predicted molar refractivity (Wildman–Crippen MR) is 49.8 cm³/mol. The first-order valence-corrected chi connectivity index (χ1v) is 4.53. The van der Waals surface area contributed by atoms with Gasteiger partial charge in [0.25, 0.3) is 0 Å². The number of nitrogens with zero attached hydrogens (tertiary/aromatic N) is 1. The van der Waals surface area contributed by atoms with Crippen LogP contribution in [0.3, 0.4) is 0 Å². The SMILES string of the molecule is O=C(Nc1cn[nH]c1)C1CC1(Cl)Cl. The van der Waals surface area contributed by atoms with Crippen molar-refractivity contribution in [3.05, 3.63) is 12.4 Å². The Kier molecular flexibility index (Phi) is 1.96. The molecular weight excluding hydrogens is 213 g/mol. The number of aromatic amines is 1. The summed E-state index contributed by atoms with van der Waals surface area (Å²) in [5.74, 6) is -0.461. The highest BCUT2D eigenvalue weighted by atomic mass is 35.5. The van der Waals surface area contributed by atoms with Crippen LogP contribution in [-0.2, 0) is 4.79 Å². The Bertz CT molecular complexity index is 322. The summed E-state index contributed by atoms with van der Waals surface area (Å²) < 4.78 is -0.867. The first kappa shape index (κ1) is 8.84. The van der Waals surface area contributed by atoms with Gasteiger partial charge in [-0.2, -0.15) is 5.10 Å². The Balaban J connectivity index is 1.94. The Morgan fingerprint density at radius 1 is 1.77 bits per heavy atom. The number of carbonyl (C=O) groups excluding carboxylic acids is 1. The van der Waals surface area contributed by atoms with Gasteiger partial charge in [0, 0.05) is 6.20 Å². The Labute approximate surface area is 84.6 Å². The molecule has 0 saturated heterocycles. The molecule has 1 saturated carbocycles. The van der Waals surface area contributed by atoms with Gasteiger partial charge in [-0.3, -0.25) is 9.89 Å². The van der Waals surface area contributed by atoms with Gasteiger partial charge in [-0.1, -0.05) is 0 Å². The largest absolute Gasteiger partial charge is 0.323 e. The molecule has 0 radical (unpaired) electrons. The summed E-state index contributed by atoms with van der Waals surface area (Å²) in [7, 11) is 0. The molecule has 4 nitrogen and oxygen atoms in total. The van der Waals surface area contributed by atoms with Crippen LogP contribution in [0.15, 0.2) is 12.4 Å². The van der Waals surface area contributed by atoms with Gasteiger partial charge in [0.05, 0.1) is 17.8 Å². The molecule has 1 aromatic rings. The molecule has 1 aliphatic carbocycles. The fraction of sp³-hybridized carbons (Fsp3) is 0.429. The molecule has 1 atom stereocenters. The van der Waals surface area contributed by atoms with E-state index in [1.54, 1.807) is 6.20 Å². The molecule has 1 amide bonds. The first-order chi connectivity index (χ1) is 6.09. The lowest BCUT2D eigenvalue weighted by atomic mass is 10.4. The maximum absolute atomic E-state index is 11.4. The molecule has 0 spiro atoms. The number of amides is 1. The summed E-state index contributed by atoms with van der Waals surface area (Å²) in [6.45, 7) is 0. The number of hydrogen-bond acceptors (Lipinski definition) is 2. The van der Waals surface area contributed by atoms with Crippen LogP contribution in [0.1, 0.15) is 6.42 Å². The van der Waals surface area contributed by atoms with Gasteiger partial charge in [0.15, 0.2) is 0 Å². The number of halogens is 2. The highest BCUT2D eigenvalue weighted by Gasteiger charge is 2.56. The molecule has 70 valence electrons. The van der Waals surface area contributed by atoms with Gasteiger partial charge in [0.1, 0.15) is 4.33 Å². The number of carbonyl (C=O) groups is 1. The van der Waals surface area contributed by atoms with Crippen LogP contribution in [0, 0.1) is 5.92 Å². The Morgan fingerprint density at radius 2 is 2.46 bits per heavy atom. The van der Waals surface area contributed by atoms with Gasteiger partial charge in [-0.15, -0.1) is 23.2 Å². The molecule has 1 heterocycles. The highest BCUT2D eigenvalue weighted by molar-refractivity contribution is 6.52. The molecule has 0 bridgehead atoms. The third kappa shape index (κ3) is 1.78. The minimum Gasteiger partial charge on any atom is -0.323 e. The van der Waals surface area contributed by atoms with Crippen molar-refractivity contribution in [3.63, 3.8) is 0 Å². The second-order valence-electron chi connectivity index (χ2n) is 2.99. The topological polar surface area (TPSA) is 57.8 Å². The second kappa shape index (κ2) is 2.89. The summed E-state index contributed by atoms with van der Waals surface area (Å²) in [5.41, 5.74) is 0.626. The molecule has 0 aliphatic heterocycles. The summed E-state index contributed by atoms with van der Waals surface area (Å²) in [6, 6.07) is 0. The number of H-pyrrole nitrogens is 1. The van der Waals surface area contributed by atoms with Crippen LogP contribution >= 0.6 is 23.2 Å².